The zero-order valence-corrected chi connectivity index (χ0v) is 80.8. The second kappa shape index (κ2) is 40.3. The predicted molar refractivity (Wildman–Crippen MR) is 528 cm³/mol. The number of aromatic nitrogens is 12. The van der Waals surface area contributed by atoms with Crippen LogP contribution < -0.4 is 42.4 Å². The number of anilines is 5. The SMILES string of the molecule is C=CC(=O)N1CC(C)N(c2nc(=O)n(-c3c(C)ccnc3C(C)C)c3nc(-c4c(F)cccc4NC(=O)C4CC4)c(Cl)cc23)CC1C.C=CC(=O)N1CC(C)N(c2nc(=O)n(-c3c(C)ccnc3C(C)C)c3nc(-c4c(F)cccc4NC(=O)OC)c(Cl)cc23)CC1C.C=CC(=O)N1CCN(c2nc(=O)n(-c3c(C(C)C)ccnc3C(C)C)c3nc(-c4ccccc4C)c(Cl)cc23)C(C)C1. The number of piperazine rings is 3. The summed E-state index contributed by atoms with van der Waals surface area (Å²) in [5, 5.41) is 7.60. The van der Waals surface area contributed by atoms with Crippen molar-refractivity contribution in [1.82, 2.24) is 73.3 Å². The minimum Gasteiger partial charge on any atom is -0.453 e. The van der Waals surface area contributed by atoms with Crippen molar-refractivity contribution in [1.29, 1.82) is 0 Å². The van der Waals surface area contributed by atoms with Crippen LogP contribution in [0, 0.1) is 38.3 Å². The Kier molecular flexibility index (Phi) is 29.1. The van der Waals surface area contributed by atoms with E-state index in [-0.39, 0.29) is 139 Å². The third-order valence-electron chi connectivity index (χ3n) is 25.0. The Bertz CT molecular complexity index is 6930. The first kappa shape index (κ1) is 97.5. The zero-order valence-electron chi connectivity index (χ0n) is 78.6. The van der Waals surface area contributed by atoms with Gasteiger partial charge in [0, 0.05) is 106 Å². The predicted octanol–water partition coefficient (Wildman–Crippen LogP) is 18.2. The summed E-state index contributed by atoms with van der Waals surface area (Å²) in [6.07, 6.45) is 9.84. The molecule has 5 atom stereocenters. The normalized spacial score (nSPS) is 16.8. The lowest BCUT2D eigenvalue weighted by Crippen LogP contribution is -2.58. The number of rotatable bonds is 19. The third-order valence-corrected chi connectivity index (χ3v) is 25.8. The quantitative estimate of drug-likeness (QED) is 0.0710. The largest absolute Gasteiger partial charge is 0.453 e. The van der Waals surface area contributed by atoms with E-state index in [1.54, 1.807) is 62.1 Å². The molecule has 3 aromatic carbocycles. The maximum Gasteiger partial charge on any atom is 0.411 e. The van der Waals surface area contributed by atoms with Crippen LogP contribution >= 0.6 is 34.8 Å². The summed E-state index contributed by atoms with van der Waals surface area (Å²) in [6, 6.07) is 26.2. The molecule has 9 aromatic heterocycles. The number of carbonyl (C=O) groups excluding carboxylic acids is 5. The van der Waals surface area contributed by atoms with Crippen LogP contribution in [-0.4, -0.2) is 186 Å². The first-order valence-electron chi connectivity index (χ1n) is 45.0. The second-order valence-electron chi connectivity index (χ2n) is 35.8. The molecule has 3 aliphatic heterocycles. The van der Waals surface area contributed by atoms with Gasteiger partial charge in [0.2, 0.25) is 23.6 Å². The number of benzene rings is 3. The van der Waals surface area contributed by atoms with Crippen molar-refractivity contribution >= 4 is 126 Å². The molecule has 2 N–H and O–H groups in total. The number of methoxy groups -OCH3 is 1. The average Bonchev–Trinajstić information content (AvgIpc) is 1.42. The molecule has 135 heavy (non-hydrogen) atoms. The smallest absolute Gasteiger partial charge is 0.411 e. The first-order chi connectivity index (χ1) is 64.3. The van der Waals surface area contributed by atoms with Crippen LogP contribution in [-0.2, 0) is 23.9 Å². The molecule has 1 saturated carbocycles. The summed E-state index contributed by atoms with van der Waals surface area (Å²) in [4.78, 5) is 159. The van der Waals surface area contributed by atoms with Gasteiger partial charge in [0.1, 0.15) is 29.1 Å². The van der Waals surface area contributed by atoms with Gasteiger partial charge < -0.3 is 39.5 Å². The maximum atomic E-state index is 15.7. The number of pyridine rings is 6. The number of ether oxygens (including phenoxy) is 1. The molecule has 12 heterocycles. The summed E-state index contributed by atoms with van der Waals surface area (Å²) < 4.78 is 40.5. The van der Waals surface area contributed by atoms with Gasteiger partial charge in [-0.3, -0.25) is 39.4 Å². The van der Waals surface area contributed by atoms with Gasteiger partial charge in [-0.15, -0.1) is 0 Å². The fourth-order valence-electron chi connectivity index (χ4n) is 17.9. The number of amides is 5. The number of nitrogens with zero attached hydrogens (tertiary/aromatic N) is 18. The van der Waals surface area contributed by atoms with Crippen LogP contribution in [0.25, 0.3) is 83.9 Å². The molecule has 0 bridgehead atoms. The Morgan fingerprint density at radius 3 is 1.27 bits per heavy atom. The standard InChI is InChI=1S/C35H37ClFN7O3.C33H35ClFN7O4.C33H37ClN6O2/c1-7-27(45)42-16-21(6)43(17-20(42)5)32-23-15-24(36)30(28-25(37)9-8-10-26(28)39-34(46)22-11-12-22)40-33(23)44(35(47)41-32)31-19(4)13-14-38-29(31)18(2)3;1-8-25(43)40-15-20(6)41(16-19(40)5)30-21-14-22(34)28(26-23(35)10-9-11-24(26)37-33(45)46-7)38-31(21)42(32(44)39-30)29-18(4)12-13-36-27(29)17(2)3;1-8-27(41)38-15-16-39(22(7)18-38)31-25-17-26(34)29(24-12-10-9-11-21(24)6)36-32(25)40(33(42)37-31)30-23(19(2)3)13-14-35-28(30)20(4)5/h7-10,13-15,18,20-22H,1,11-12,16-17H2,2-6H3,(H,39,46);8-14,17,19-20H,1,15-16H2,2-7H3,(H,37,45);8-14,17,19-20,22H,1,15-16,18H2,2-7H3. The number of aryl methyl sites for hydroxylation is 3. The van der Waals surface area contributed by atoms with Gasteiger partial charge in [-0.05, 0) is 193 Å². The van der Waals surface area contributed by atoms with Crippen molar-refractivity contribution in [3.05, 3.63) is 251 Å². The van der Waals surface area contributed by atoms with E-state index in [0.29, 0.717) is 119 Å². The molecule has 29 nitrogen and oxygen atoms in total. The monoisotopic (exact) mass is 1890 g/mol. The molecule has 3 saturated heterocycles. The zero-order chi connectivity index (χ0) is 97.5. The number of nitrogens with one attached hydrogen (secondary N) is 2. The lowest BCUT2D eigenvalue weighted by Gasteiger charge is -2.44. The van der Waals surface area contributed by atoms with E-state index in [0.717, 1.165) is 52.0 Å². The number of carbonyl (C=O) groups is 5. The molecule has 4 fully saturated rings. The molecule has 0 spiro atoms. The van der Waals surface area contributed by atoms with Crippen LogP contribution in [0.4, 0.5) is 42.4 Å². The molecule has 12 aromatic rings. The van der Waals surface area contributed by atoms with E-state index >= 15 is 8.78 Å². The molecular weight excluding hydrogens is 1780 g/mol. The Labute approximate surface area is 796 Å². The topological polar surface area (TPSA) is 320 Å². The number of halogens is 5. The lowest BCUT2D eigenvalue weighted by atomic mass is 9.97. The fourth-order valence-corrected chi connectivity index (χ4v) is 18.7. The summed E-state index contributed by atoms with van der Waals surface area (Å²) in [6.45, 7) is 45.6. The number of hydrogen-bond acceptors (Lipinski definition) is 21. The number of fused-ring (bicyclic) bond motifs is 3. The van der Waals surface area contributed by atoms with E-state index in [1.807, 2.05) is 135 Å². The molecular formula is C101H109Cl3F2N20O9. The molecule has 34 heteroatoms. The van der Waals surface area contributed by atoms with E-state index in [4.69, 9.17) is 59.5 Å². The van der Waals surface area contributed by atoms with Crippen molar-refractivity contribution < 1.29 is 37.5 Å². The first-order valence-corrected chi connectivity index (χ1v) is 46.1. The summed E-state index contributed by atoms with van der Waals surface area (Å²) in [5.74, 6) is -0.832. The highest BCUT2D eigenvalue weighted by molar-refractivity contribution is 6.35. The Morgan fingerprint density at radius 1 is 0.452 bits per heavy atom. The van der Waals surface area contributed by atoms with Crippen LogP contribution in [0.2, 0.25) is 15.1 Å². The van der Waals surface area contributed by atoms with Gasteiger partial charge in [-0.2, -0.15) is 15.0 Å². The van der Waals surface area contributed by atoms with Gasteiger partial charge in [0.25, 0.3) is 0 Å². The van der Waals surface area contributed by atoms with Crippen molar-refractivity contribution in [2.75, 3.05) is 78.3 Å². The van der Waals surface area contributed by atoms with E-state index in [1.165, 1.54) is 64.8 Å². The highest BCUT2D eigenvalue weighted by Gasteiger charge is 2.40. The summed E-state index contributed by atoms with van der Waals surface area (Å²) >= 11 is 20.8. The highest BCUT2D eigenvalue weighted by atomic mass is 35.5. The van der Waals surface area contributed by atoms with Crippen LogP contribution in [0.3, 0.4) is 0 Å². The molecule has 702 valence electrons. The minimum absolute atomic E-state index is 0.000532. The highest BCUT2D eigenvalue weighted by Crippen LogP contribution is 2.45. The maximum absolute atomic E-state index is 15.7. The molecule has 0 radical (unpaired) electrons. The average molecular weight is 1890 g/mol. The van der Waals surface area contributed by atoms with Crippen molar-refractivity contribution in [2.24, 2.45) is 5.92 Å². The molecule has 16 rings (SSSR count). The van der Waals surface area contributed by atoms with Crippen LogP contribution in [0.1, 0.15) is 166 Å². The lowest BCUT2D eigenvalue weighted by molar-refractivity contribution is -0.129. The molecule has 1 aliphatic carbocycles. The fraction of sp³-hybridized carbons (Fsp3) is 0.356. The number of hydrogen-bond donors (Lipinski definition) is 2. The van der Waals surface area contributed by atoms with Gasteiger partial charge in [0.15, 0.2) is 16.9 Å². The molecule has 5 unspecified atom stereocenters. The van der Waals surface area contributed by atoms with Crippen LogP contribution in [0.15, 0.2) is 168 Å². The Hall–Kier alpha value is -13.5. The van der Waals surface area contributed by atoms with Gasteiger partial charge in [-0.1, -0.05) is 146 Å². The van der Waals surface area contributed by atoms with E-state index in [2.05, 4.69) is 87.9 Å². The van der Waals surface area contributed by atoms with Crippen molar-refractivity contribution in [2.45, 2.75) is 178 Å². The van der Waals surface area contributed by atoms with Gasteiger partial charge >= 0.3 is 23.2 Å². The van der Waals surface area contributed by atoms with E-state index in [9.17, 15) is 38.4 Å². The van der Waals surface area contributed by atoms with Gasteiger partial charge in [-0.25, -0.2) is 56.6 Å². The summed E-state index contributed by atoms with van der Waals surface area (Å²) in [7, 11) is 1.19. The molecule has 4 aliphatic rings. The third kappa shape index (κ3) is 19.4. The Morgan fingerprint density at radius 2 is 0.852 bits per heavy atom. The summed E-state index contributed by atoms with van der Waals surface area (Å²) in [5.41, 5.74) is 8.48. The second-order valence-corrected chi connectivity index (χ2v) is 37.1. The van der Waals surface area contributed by atoms with E-state index < -0.39 is 34.8 Å². The Balaban J connectivity index is 0.000000163. The minimum atomic E-state index is -0.808. The van der Waals surface area contributed by atoms with Crippen molar-refractivity contribution in [3.8, 4) is 50.8 Å². The van der Waals surface area contributed by atoms with Crippen LogP contribution in [0.5, 0.6) is 0 Å². The molecule has 5 amide bonds. The van der Waals surface area contributed by atoms with Gasteiger partial charge in [0.05, 0.1) is 112 Å². The van der Waals surface area contributed by atoms with Crippen molar-refractivity contribution in [3.63, 3.8) is 0 Å².